The van der Waals surface area contributed by atoms with Crippen molar-refractivity contribution < 1.29 is 5.11 Å². The minimum absolute atomic E-state index is 0.117. The fourth-order valence-electron chi connectivity index (χ4n) is 6.73. The summed E-state index contributed by atoms with van der Waals surface area (Å²) in [6.45, 7) is 8.62. The average molecular weight is 663 g/mol. The molecule has 248 valence electrons. The number of phenols is 1. The van der Waals surface area contributed by atoms with Crippen LogP contribution in [0.25, 0.3) is 72.9 Å². The molecule has 1 N–H and O–H groups in total. The number of imidazole rings is 1. The Kier molecular flexibility index (Phi) is 8.04. The molecule has 0 aliphatic carbocycles. The van der Waals surface area contributed by atoms with E-state index in [0.29, 0.717) is 17.0 Å². The Hall–Kier alpha value is -6.33. The van der Waals surface area contributed by atoms with Gasteiger partial charge in [-0.2, -0.15) is 0 Å². The van der Waals surface area contributed by atoms with Crippen LogP contribution in [0.2, 0.25) is 0 Å². The van der Waals surface area contributed by atoms with Crippen molar-refractivity contribution in [3.05, 3.63) is 163 Å². The summed E-state index contributed by atoms with van der Waals surface area (Å²) in [7, 11) is 0. The highest BCUT2D eigenvalue weighted by atomic mass is 16.3. The molecule has 8 rings (SSSR count). The van der Waals surface area contributed by atoms with Crippen LogP contribution < -0.4 is 0 Å². The third-order valence-corrected chi connectivity index (χ3v) is 9.50. The van der Waals surface area contributed by atoms with Crippen molar-refractivity contribution in [1.29, 1.82) is 0 Å². The summed E-state index contributed by atoms with van der Waals surface area (Å²) in [6.07, 6.45) is 3.81. The maximum atomic E-state index is 11.3. The predicted molar refractivity (Wildman–Crippen MR) is 209 cm³/mol. The molecule has 5 aromatic carbocycles. The molecule has 0 aliphatic rings. The molecule has 0 saturated heterocycles. The molecule has 8 aromatic rings. The Bertz CT molecular complexity index is 2510. The molecule has 3 aromatic heterocycles. The Morgan fingerprint density at radius 2 is 1.22 bits per heavy atom. The molecule has 0 fully saturated rings. The van der Waals surface area contributed by atoms with Crippen LogP contribution in [0.5, 0.6) is 5.75 Å². The zero-order chi connectivity index (χ0) is 35.1. The molecule has 0 radical (unpaired) electrons. The van der Waals surface area contributed by atoms with Crippen molar-refractivity contribution >= 4 is 11.2 Å². The molecule has 5 nitrogen and oxygen atoms in total. The van der Waals surface area contributed by atoms with Gasteiger partial charge in [0.2, 0.25) is 0 Å². The van der Waals surface area contributed by atoms with E-state index in [1.807, 2.05) is 67.0 Å². The van der Waals surface area contributed by atoms with E-state index in [1.54, 1.807) is 6.07 Å². The van der Waals surface area contributed by atoms with E-state index in [2.05, 4.69) is 111 Å². The zero-order valence-corrected chi connectivity index (χ0v) is 29.2. The molecule has 51 heavy (non-hydrogen) atoms. The van der Waals surface area contributed by atoms with E-state index in [0.717, 1.165) is 67.0 Å². The van der Waals surface area contributed by atoms with Gasteiger partial charge in [0, 0.05) is 29.2 Å². The van der Waals surface area contributed by atoms with Crippen molar-refractivity contribution in [3.63, 3.8) is 0 Å². The first-order valence-corrected chi connectivity index (χ1v) is 17.2. The van der Waals surface area contributed by atoms with Crippen LogP contribution in [0.4, 0.5) is 0 Å². The first kappa shape index (κ1) is 31.9. The third-order valence-electron chi connectivity index (χ3n) is 9.50. The summed E-state index contributed by atoms with van der Waals surface area (Å²) in [5, 5.41) is 11.3. The molecule has 0 saturated carbocycles. The van der Waals surface area contributed by atoms with Crippen molar-refractivity contribution in [2.45, 2.75) is 33.1 Å². The SMILES string of the molecule is Cc1cnc(-c2cc(-c3ccccc3)cc(-c3ccnc4c3nc(-c3cc(C(C)(C)C)ccc3O)n4-c3ccccc3)c2)cc1-c1ccccc1. The molecule has 0 spiro atoms. The minimum atomic E-state index is -0.117. The van der Waals surface area contributed by atoms with Gasteiger partial charge in [0.05, 0.1) is 11.3 Å². The lowest BCUT2D eigenvalue weighted by Gasteiger charge is -2.20. The molecule has 0 bridgehead atoms. The monoisotopic (exact) mass is 662 g/mol. The van der Waals surface area contributed by atoms with Crippen molar-refractivity contribution in [1.82, 2.24) is 19.5 Å². The van der Waals surface area contributed by atoms with E-state index >= 15 is 0 Å². The fourth-order valence-corrected chi connectivity index (χ4v) is 6.73. The van der Waals surface area contributed by atoms with Crippen molar-refractivity contribution in [3.8, 4) is 67.5 Å². The normalized spacial score (nSPS) is 11.6. The third kappa shape index (κ3) is 6.08. The molecular weight excluding hydrogens is 625 g/mol. The largest absolute Gasteiger partial charge is 0.507 e. The number of fused-ring (bicyclic) bond motifs is 1. The number of nitrogens with zero attached hydrogens (tertiary/aromatic N) is 4. The molecule has 3 heterocycles. The Labute approximate surface area is 298 Å². The number of phenolic OH excluding ortho intramolecular Hbond substituents is 1. The molecular formula is C46H38N4O. The Morgan fingerprint density at radius 3 is 1.92 bits per heavy atom. The van der Waals surface area contributed by atoms with Gasteiger partial charge in [-0.15, -0.1) is 0 Å². The summed E-state index contributed by atoms with van der Waals surface area (Å²) >= 11 is 0. The molecule has 0 amide bonds. The van der Waals surface area contributed by atoms with Crippen LogP contribution in [0, 0.1) is 6.92 Å². The lowest BCUT2D eigenvalue weighted by Crippen LogP contribution is -2.11. The van der Waals surface area contributed by atoms with Gasteiger partial charge in [-0.25, -0.2) is 9.97 Å². The summed E-state index contributed by atoms with van der Waals surface area (Å²) < 4.78 is 2.05. The van der Waals surface area contributed by atoms with Crippen molar-refractivity contribution in [2.24, 2.45) is 0 Å². The van der Waals surface area contributed by atoms with E-state index in [-0.39, 0.29) is 11.2 Å². The maximum Gasteiger partial charge on any atom is 0.165 e. The molecule has 5 heteroatoms. The first-order valence-electron chi connectivity index (χ1n) is 17.2. The number of aromatic nitrogens is 4. The van der Waals surface area contributed by atoms with Gasteiger partial charge in [0.15, 0.2) is 11.5 Å². The van der Waals surface area contributed by atoms with E-state index in [1.165, 1.54) is 0 Å². The standard InChI is InChI=1S/C46H38N4O/c1-30-29-48-41(28-39(30)32-16-10-6-11-17-32)35-25-33(31-14-8-5-9-15-31)24-34(26-35)38-22-23-47-45-43(38)49-44(50(45)37-18-12-7-13-19-37)40-27-36(46(2,3)4)20-21-42(40)51/h5-29,51H,1-4H3. The second kappa shape index (κ2) is 12.8. The fraction of sp³-hybridized carbons (Fsp3) is 0.109. The lowest BCUT2D eigenvalue weighted by atomic mass is 9.86. The van der Waals surface area contributed by atoms with Gasteiger partial charge in [-0.1, -0.05) is 106 Å². The van der Waals surface area contributed by atoms with Gasteiger partial charge in [-0.05, 0) is 106 Å². The van der Waals surface area contributed by atoms with Gasteiger partial charge in [-0.3, -0.25) is 9.55 Å². The van der Waals surface area contributed by atoms with E-state index in [4.69, 9.17) is 15.0 Å². The van der Waals surface area contributed by atoms with Crippen LogP contribution in [-0.2, 0) is 5.41 Å². The number of aromatic hydroxyl groups is 1. The number of para-hydroxylation sites is 1. The number of pyridine rings is 2. The van der Waals surface area contributed by atoms with Crippen LogP contribution in [0.15, 0.2) is 152 Å². The zero-order valence-electron chi connectivity index (χ0n) is 29.2. The predicted octanol–water partition coefficient (Wildman–Crippen LogP) is 11.5. The number of hydrogen-bond acceptors (Lipinski definition) is 4. The highest BCUT2D eigenvalue weighted by molar-refractivity contribution is 5.95. The average Bonchev–Trinajstić information content (AvgIpc) is 3.55. The van der Waals surface area contributed by atoms with Gasteiger partial charge >= 0.3 is 0 Å². The number of hydrogen-bond donors (Lipinski definition) is 1. The second-order valence-electron chi connectivity index (χ2n) is 14.0. The maximum absolute atomic E-state index is 11.3. The lowest BCUT2D eigenvalue weighted by molar-refractivity contribution is 0.475. The smallest absolute Gasteiger partial charge is 0.165 e. The van der Waals surface area contributed by atoms with Gasteiger partial charge in [0.1, 0.15) is 11.3 Å². The number of benzene rings is 5. The van der Waals surface area contributed by atoms with Crippen LogP contribution in [0.1, 0.15) is 31.9 Å². The molecule has 0 unspecified atom stereocenters. The molecule has 0 atom stereocenters. The van der Waals surface area contributed by atoms with E-state index < -0.39 is 0 Å². The molecule has 0 aliphatic heterocycles. The van der Waals surface area contributed by atoms with Gasteiger partial charge in [0.25, 0.3) is 0 Å². The first-order chi connectivity index (χ1) is 24.7. The summed E-state index contributed by atoms with van der Waals surface area (Å²) in [5.41, 5.74) is 13.5. The van der Waals surface area contributed by atoms with E-state index in [9.17, 15) is 5.11 Å². The van der Waals surface area contributed by atoms with Gasteiger partial charge < -0.3 is 5.11 Å². The highest BCUT2D eigenvalue weighted by Gasteiger charge is 2.23. The number of rotatable bonds is 6. The minimum Gasteiger partial charge on any atom is -0.507 e. The number of aryl methyl sites for hydroxylation is 1. The Balaban J connectivity index is 1.38. The Morgan fingerprint density at radius 1 is 0.569 bits per heavy atom. The summed E-state index contributed by atoms with van der Waals surface area (Å²) in [5.74, 6) is 0.803. The summed E-state index contributed by atoms with van der Waals surface area (Å²) in [6, 6.07) is 47.7. The van der Waals surface area contributed by atoms with Crippen LogP contribution >= 0.6 is 0 Å². The second-order valence-corrected chi connectivity index (χ2v) is 14.0. The van der Waals surface area contributed by atoms with Crippen molar-refractivity contribution in [2.75, 3.05) is 0 Å². The highest BCUT2D eigenvalue weighted by Crippen LogP contribution is 2.40. The summed E-state index contributed by atoms with van der Waals surface area (Å²) in [4.78, 5) is 15.2. The van der Waals surface area contributed by atoms with Crippen LogP contribution in [-0.4, -0.2) is 24.6 Å². The topological polar surface area (TPSA) is 63.8 Å². The van der Waals surface area contributed by atoms with Crippen LogP contribution in [0.3, 0.4) is 0 Å². The quantitative estimate of drug-likeness (QED) is 0.192.